The molecule has 0 bridgehead atoms. The third kappa shape index (κ3) is 1.80. The van der Waals surface area contributed by atoms with Gasteiger partial charge in [0.2, 0.25) is 0 Å². The number of fused-ring (bicyclic) bond motifs is 5. The predicted octanol–water partition coefficient (Wildman–Crippen LogP) is 3.76. The van der Waals surface area contributed by atoms with Gasteiger partial charge in [0.1, 0.15) is 0 Å². The maximum Gasteiger partial charge on any atom is 0.0984 e. The van der Waals surface area contributed by atoms with Crippen molar-refractivity contribution < 1.29 is 10.2 Å². The van der Waals surface area contributed by atoms with E-state index in [1.54, 1.807) is 5.57 Å². The summed E-state index contributed by atoms with van der Waals surface area (Å²) in [5.74, 6) is 1.22. The summed E-state index contributed by atoms with van der Waals surface area (Å²) in [7, 11) is 0. The van der Waals surface area contributed by atoms with Gasteiger partial charge in [0.15, 0.2) is 0 Å². The van der Waals surface area contributed by atoms with E-state index in [-0.39, 0.29) is 16.9 Å². The topological polar surface area (TPSA) is 40.5 Å². The van der Waals surface area contributed by atoms with Crippen LogP contribution < -0.4 is 0 Å². The minimum Gasteiger partial charge on any atom is -0.393 e. The molecule has 0 saturated heterocycles. The zero-order valence-corrected chi connectivity index (χ0v) is 14.0. The first-order chi connectivity index (χ1) is 10.3. The van der Waals surface area contributed by atoms with Crippen LogP contribution in [-0.2, 0) is 0 Å². The quantitative estimate of drug-likeness (QED) is 0.669. The second kappa shape index (κ2) is 4.36. The van der Waals surface area contributed by atoms with Crippen LogP contribution in [0.5, 0.6) is 0 Å². The molecule has 2 heteroatoms. The SMILES string of the molecule is C[C@]1(O)C=C[C@@]2(C)C(=C1)CC[C@@H]1C2=CC[C@]2(C)[C@@H](O)CC[C@@H]12. The van der Waals surface area contributed by atoms with Crippen molar-refractivity contribution in [2.24, 2.45) is 22.7 Å². The Bertz CT molecular complexity index is 597. The summed E-state index contributed by atoms with van der Waals surface area (Å²) in [6.07, 6.45) is 13.9. The van der Waals surface area contributed by atoms with Crippen LogP contribution in [0.1, 0.15) is 52.9 Å². The first-order valence-electron chi connectivity index (χ1n) is 8.80. The summed E-state index contributed by atoms with van der Waals surface area (Å²) in [5.41, 5.74) is 2.20. The molecule has 4 rings (SSSR count). The van der Waals surface area contributed by atoms with Crippen molar-refractivity contribution in [1.82, 2.24) is 0 Å². The summed E-state index contributed by atoms with van der Waals surface area (Å²) < 4.78 is 0. The highest BCUT2D eigenvalue weighted by atomic mass is 16.3. The Labute approximate surface area is 133 Å². The van der Waals surface area contributed by atoms with Crippen LogP contribution in [0.15, 0.2) is 35.5 Å². The molecular weight excluding hydrogens is 272 g/mol. The van der Waals surface area contributed by atoms with Crippen molar-refractivity contribution in [1.29, 1.82) is 0 Å². The third-order valence-corrected chi connectivity index (χ3v) is 7.22. The van der Waals surface area contributed by atoms with E-state index in [2.05, 4.69) is 32.1 Å². The van der Waals surface area contributed by atoms with Crippen molar-refractivity contribution in [3.8, 4) is 0 Å². The van der Waals surface area contributed by atoms with E-state index in [0.29, 0.717) is 11.8 Å². The first kappa shape index (κ1) is 14.7. The average Bonchev–Trinajstić information content (AvgIpc) is 2.76. The van der Waals surface area contributed by atoms with Crippen LogP contribution in [0.2, 0.25) is 0 Å². The molecule has 22 heavy (non-hydrogen) atoms. The zero-order chi connectivity index (χ0) is 15.8. The fourth-order valence-corrected chi connectivity index (χ4v) is 5.76. The highest BCUT2D eigenvalue weighted by Gasteiger charge is 2.55. The van der Waals surface area contributed by atoms with Gasteiger partial charge in [-0.05, 0) is 63.9 Å². The van der Waals surface area contributed by atoms with Gasteiger partial charge < -0.3 is 10.2 Å². The van der Waals surface area contributed by atoms with Gasteiger partial charge in [-0.3, -0.25) is 0 Å². The Hall–Kier alpha value is -0.860. The van der Waals surface area contributed by atoms with Crippen LogP contribution in [0.4, 0.5) is 0 Å². The lowest BCUT2D eigenvalue weighted by Crippen LogP contribution is -2.45. The molecule has 6 atom stereocenters. The molecule has 4 aliphatic carbocycles. The van der Waals surface area contributed by atoms with Gasteiger partial charge in [0.05, 0.1) is 11.7 Å². The minimum atomic E-state index is -0.797. The van der Waals surface area contributed by atoms with Crippen LogP contribution in [0.3, 0.4) is 0 Å². The van der Waals surface area contributed by atoms with Crippen molar-refractivity contribution in [2.75, 3.05) is 0 Å². The van der Waals surface area contributed by atoms with Gasteiger partial charge in [-0.1, -0.05) is 36.3 Å². The predicted molar refractivity (Wildman–Crippen MR) is 88.2 cm³/mol. The Morgan fingerprint density at radius 1 is 1.09 bits per heavy atom. The summed E-state index contributed by atoms with van der Waals surface area (Å²) in [6.45, 7) is 6.47. The van der Waals surface area contributed by atoms with Crippen molar-refractivity contribution in [3.05, 3.63) is 35.5 Å². The van der Waals surface area contributed by atoms with Gasteiger partial charge >= 0.3 is 0 Å². The molecule has 0 radical (unpaired) electrons. The number of hydrogen-bond acceptors (Lipinski definition) is 2. The molecule has 0 heterocycles. The normalized spacial score (nSPS) is 53.2. The Morgan fingerprint density at radius 3 is 2.64 bits per heavy atom. The third-order valence-electron chi connectivity index (χ3n) is 7.22. The van der Waals surface area contributed by atoms with E-state index in [0.717, 1.165) is 25.7 Å². The monoisotopic (exact) mass is 300 g/mol. The fourth-order valence-electron chi connectivity index (χ4n) is 5.76. The molecule has 0 aromatic rings. The molecule has 0 aliphatic heterocycles. The lowest BCUT2D eigenvalue weighted by molar-refractivity contribution is 0.0151. The Balaban J connectivity index is 1.77. The number of aliphatic hydroxyl groups excluding tert-OH is 1. The molecule has 120 valence electrons. The van der Waals surface area contributed by atoms with Crippen molar-refractivity contribution in [3.63, 3.8) is 0 Å². The second-order valence-corrected chi connectivity index (χ2v) is 8.65. The minimum absolute atomic E-state index is 0.0139. The summed E-state index contributed by atoms with van der Waals surface area (Å²) in [6, 6.07) is 0. The van der Waals surface area contributed by atoms with E-state index < -0.39 is 5.60 Å². The molecule has 0 aromatic carbocycles. The van der Waals surface area contributed by atoms with Crippen LogP contribution in [0.25, 0.3) is 0 Å². The number of rotatable bonds is 0. The van der Waals surface area contributed by atoms with E-state index >= 15 is 0 Å². The Morgan fingerprint density at radius 2 is 1.86 bits per heavy atom. The number of hydrogen-bond donors (Lipinski definition) is 2. The van der Waals surface area contributed by atoms with Crippen LogP contribution >= 0.6 is 0 Å². The standard InChI is InChI=1S/C20H28O2/c1-18(22)10-11-19(2)13(12-18)4-5-14-15-6-7-17(21)20(15,3)9-8-16(14)19/h8,10-12,14-15,17,21-22H,4-7,9H2,1-3H3/t14-,15-,17-,18-,19-,20-/m0/s1. The lowest BCUT2D eigenvalue weighted by atomic mass is 9.52. The second-order valence-electron chi connectivity index (χ2n) is 8.65. The molecule has 4 aliphatic rings. The smallest absolute Gasteiger partial charge is 0.0984 e. The maximum absolute atomic E-state index is 10.5. The van der Waals surface area contributed by atoms with Gasteiger partial charge in [0, 0.05) is 10.8 Å². The lowest BCUT2D eigenvalue weighted by Gasteiger charge is -2.52. The fraction of sp³-hybridized carbons (Fsp3) is 0.700. The molecule has 2 fully saturated rings. The Kier molecular flexibility index (Phi) is 2.92. The summed E-state index contributed by atoms with van der Waals surface area (Å²) in [5, 5.41) is 20.8. The number of allylic oxidation sites excluding steroid dienone is 4. The highest BCUT2D eigenvalue weighted by molar-refractivity contribution is 5.46. The van der Waals surface area contributed by atoms with Crippen molar-refractivity contribution in [2.45, 2.75) is 64.6 Å². The molecule has 2 saturated carbocycles. The highest BCUT2D eigenvalue weighted by Crippen LogP contribution is 2.62. The van der Waals surface area contributed by atoms with E-state index in [1.807, 2.05) is 13.0 Å². The van der Waals surface area contributed by atoms with Crippen LogP contribution in [0, 0.1) is 22.7 Å². The zero-order valence-electron chi connectivity index (χ0n) is 14.0. The average molecular weight is 300 g/mol. The first-order valence-corrected chi connectivity index (χ1v) is 8.80. The summed E-state index contributed by atoms with van der Waals surface area (Å²) in [4.78, 5) is 0. The molecule has 2 N–H and O–H groups in total. The van der Waals surface area contributed by atoms with Gasteiger partial charge in [0.25, 0.3) is 0 Å². The maximum atomic E-state index is 10.5. The van der Waals surface area contributed by atoms with Crippen LogP contribution in [-0.4, -0.2) is 21.9 Å². The van der Waals surface area contributed by atoms with Crippen molar-refractivity contribution >= 4 is 0 Å². The van der Waals surface area contributed by atoms with E-state index in [9.17, 15) is 10.2 Å². The number of aliphatic hydroxyl groups is 2. The van der Waals surface area contributed by atoms with Gasteiger partial charge in [-0.25, -0.2) is 0 Å². The molecular formula is C20H28O2. The summed E-state index contributed by atoms with van der Waals surface area (Å²) >= 11 is 0. The molecule has 0 spiro atoms. The van der Waals surface area contributed by atoms with Gasteiger partial charge in [-0.2, -0.15) is 0 Å². The van der Waals surface area contributed by atoms with E-state index in [1.165, 1.54) is 12.0 Å². The molecule has 0 unspecified atom stereocenters. The van der Waals surface area contributed by atoms with Gasteiger partial charge in [-0.15, -0.1) is 0 Å². The van der Waals surface area contributed by atoms with E-state index in [4.69, 9.17) is 0 Å². The molecule has 0 amide bonds. The largest absolute Gasteiger partial charge is 0.393 e. The molecule has 0 aromatic heterocycles. The molecule has 2 nitrogen and oxygen atoms in total.